The molecule has 0 spiro atoms. The van der Waals surface area contributed by atoms with Gasteiger partial charge in [-0.3, -0.25) is 9.69 Å². The van der Waals surface area contributed by atoms with Gasteiger partial charge in [0, 0.05) is 51.1 Å². The molecule has 0 aliphatic carbocycles. The van der Waals surface area contributed by atoms with Crippen LogP contribution in [0.25, 0.3) is 0 Å². The van der Waals surface area contributed by atoms with Gasteiger partial charge < -0.3 is 10.1 Å². The van der Waals surface area contributed by atoms with E-state index < -0.39 is 0 Å². The van der Waals surface area contributed by atoms with Crippen LogP contribution in [-0.4, -0.2) is 54.1 Å². The summed E-state index contributed by atoms with van der Waals surface area (Å²) in [5.74, 6) is 1.10. The number of carbonyl (C=O) groups is 1. The summed E-state index contributed by atoms with van der Waals surface area (Å²) < 4.78 is 5.01. The second-order valence-corrected chi connectivity index (χ2v) is 5.37. The largest absolute Gasteiger partial charge is 0.384 e. The molecule has 6 nitrogen and oxygen atoms in total. The third-order valence-corrected chi connectivity index (χ3v) is 3.69. The van der Waals surface area contributed by atoms with Crippen LogP contribution < -0.4 is 5.32 Å². The van der Waals surface area contributed by atoms with Crippen LogP contribution in [0, 0.1) is 5.92 Å². The van der Waals surface area contributed by atoms with Crippen LogP contribution in [-0.2, 0) is 22.5 Å². The minimum absolute atomic E-state index is 0.117. The van der Waals surface area contributed by atoms with Crippen molar-refractivity contribution in [3.05, 3.63) is 23.8 Å². The lowest BCUT2D eigenvalue weighted by Gasteiger charge is -2.15. The Morgan fingerprint density at radius 3 is 2.90 bits per heavy atom. The first-order valence-electron chi connectivity index (χ1n) is 7.51. The van der Waals surface area contributed by atoms with Gasteiger partial charge in [-0.1, -0.05) is 0 Å². The molecule has 1 fully saturated rings. The maximum absolute atomic E-state index is 11.8. The van der Waals surface area contributed by atoms with Gasteiger partial charge in [-0.25, -0.2) is 9.97 Å². The van der Waals surface area contributed by atoms with Crippen molar-refractivity contribution in [2.24, 2.45) is 5.92 Å². The first-order chi connectivity index (χ1) is 10.2. The number of likely N-dealkylation sites (tertiary alicyclic amines) is 1. The van der Waals surface area contributed by atoms with Crippen LogP contribution in [0.4, 0.5) is 0 Å². The van der Waals surface area contributed by atoms with Crippen molar-refractivity contribution in [3.63, 3.8) is 0 Å². The zero-order chi connectivity index (χ0) is 15.1. The number of methoxy groups -OCH3 is 1. The molecule has 1 N–H and O–H groups in total. The highest BCUT2D eigenvalue weighted by Crippen LogP contribution is 2.18. The van der Waals surface area contributed by atoms with Gasteiger partial charge in [0.25, 0.3) is 0 Å². The molecule has 1 amide bonds. The van der Waals surface area contributed by atoms with Crippen LogP contribution in [0.2, 0.25) is 0 Å². The van der Waals surface area contributed by atoms with E-state index in [0.29, 0.717) is 13.2 Å². The molecule has 0 saturated carbocycles. The molecule has 0 radical (unpaired) electrons. The number of nitrogens with one attached hydrogen (secondary N) is 1. The molecule has 2 rings (SSSR count). The number of hydrogen-bond acceptors (Lipinski definition) is 5. The quantitative estimate of drug-likeness (QED) is 0.798. The van der Waals surface area contributed by atoms with Crippen LogP contribution in [0.1, 0.15) is 24.7 Å². The van der Waals surface area contributed by atoms with Crippen molar-refractivity contribution in [3.8, 4) is 0 Å². The summed E-state index contributed by atoms with van der Waals surface area (Å²) in [6, 6.07) is 0. The van der Waals surface area contributed by atoms with E-state index in [1.165, 1.54) is 0 Å². The third kappa shape index (κ3) is 4.75. The number of aromatic nitrogens is 2. The van der Waals surface area contributed by atoms with E-state index >= 15 is 0 Å². The van der Waals surface area contributed by atoms with Crippen LogP contribution in [0.5, 0.6) is 0 Å². The highest BCUT2D eigenvalue weighted by atomic mass is 16.5. The van der Waals surface area contributed by atoms with E-state index in [2.05, 4.69) is 20.2 Å². The molecule has 1 atom stereocenters. The van der Waals surface area contributed by atoms with Gasteiger partial charge in [0.2, 0.25) is 5.91 Å². The lowest BCUT2D eigenvalue weighted by Crippen LogP contribution is -2.32. The Kier molecular flexibility index (Phi) is 6.07. The zero-order valence-electron chi connectivity index (χ0n) is 12.8. The fourth-order valence-electron chi connectivity index (χ4n) is 2.55. The van der Waals surface area contributed by atoms with Gasteiger partial charge in [-0.15, -0.1) is 0 Å². The Hall–Kier alpha value is -1.53. The van der Waals surface area contributed by atoms with Gasteiger partial charge in [0.1, 0.15) is 5.82 Å². The van der Waals surface area contributed by atoms with E-state index in [1.807, 2.05) is 19.3 Å². The first kappa shape index (κ1) is 15.9. The van der Waals surface area contributed by atoms with Crippen molar-refractivity contribution in [1.29, 1.82) is 0 Å². The van der Waals surface area contributed by atoms with Crippen molar-refractivity contribution in [2.75, 3.05) is 33.4 Å². The van der Waals surface area contributed by atoms with E-state index in [4.69, 9.17) is 4.74 Å². The first-order valence-corrected chi connectivity index (χ1v) is 7.51. The average molecular weight is 292 g/mol. The summed E-state index contributed by atoms with van der Waals surface area (Å²) in [6.45, 7) is 5.86. The van der Waals surface area contributed by atoms with E-state index in [0.717, 1.165) is 43.9 Å². The average Bonchev–Trinajstić information content (AvgIpc) is 2.95. The van der Waals surface area contributed by atoms with Crippen molar-refractivity contribution in [2.45, 2.75) is 26.3 Å². The fourth-order valence-corrected chi connectivity index (χ4v) is 2.55. The SMILES string of the molecule is CCNC(=O)C1CCN(Cc2cnc(CCOC)nc2)C1. The van der Waals surface area contributed by atoms with Crippen molar-refractivity contribution in [1.82, 2.24) is 20.2 Å². The van der Waals surface area contributed by atoms with Crippen LogP contribution >= 0.6 is 0 Å². The second kappa shape index (κ2) is 8.05. The van der Waals surface area contributed by atoms with Crippen molar-refractivity contribution < 1.29 is 9.53 Å². The lowest BCUT2D eigenvalue weighted by atomic mass is 10.1. The molecule has 0 aromatic carbocycles. The van der Waals surface area contributed by atoms with Crippen LogP contribution in [0.15, 0.2) is 12.4 Å². The molecular weight excluding hydrogens is 268 g/mol. The summed E-state index contributed by atoms with van der Waals surface area (Å²) in [4.78, 5) is 22.8. The number of ether oxygens (including phenoxy) is 1. The summed E-state index contributed by atoms with van der Waals surface area (Å²) in [5.41, 5.74) is 1.09. The highest BCUT2D eigenvalue weighted by Gasteiger charge is 2.27. The molecule has 6 heteroatoms. The number of nitrogens with zero attached hydrogens (tertiary/aromatic N) is 3. The molecule has 2 heterocycles. The Balaban J connectivity index is 1.81. The predicted molar refractivity (Wildman–Crippen MR) is 79.7 cm³/mol. The van der Waals surface area contributed by atoms with E-state index in [-0.39, 0.29) is 11.8 Å². The molecule has 1 unspecified atom stereocenters. The molecular formula is C15H24N4O2. The molecule has 0 bridgehead atoms. The number of amides is 1. The maximum Gasteiger partial charge on any atom is 0.224 e. The topological polar surface area (TPSA) is 67.4 Å². The second-order valence-electron chi connectivity index (χ2n) is 5.37. The fraction of sp³-hybridized carbons (Fsp3) is 0.667. The smallest absolute Gasteiger partial charge is 0.224 e. The normalized spacial score (nSPS) is 18.9. The summed E-state index contributed by atoms with van der Waals surface area (Å²) in [6.07, 6.45) is 5.41. The standard InChI is InChI=1S/C15H24N4O2/c1-3-16-15(20)13-4-6-19(11-13)10-12-8-17-14(18-9-12)5-7-21-2/h8-9,13H,3-7,10-11H2,1-2H3,(H,16,20). The van der Waals surface area contributed by atoms with Crippen LogP contribution in [0.3, 0.4) is 0 Å². The number of carbonyl (C=O) groups excluding carboxylic acids is 1. The monoisotopic (exact) mass is 292 g/mol. The summed E-state index contributed by atoms with van der Waals surface area (Å²) >= 11 is 0. The van der Waals surface area contributed by atoms with Gasteiger partial charge in [-0.05, 0) is 19.9 Å². The molecule has 1 aliphatic heterocycles. The van der Waals surface area contributed by atoms with Gasteiger partial charge >= 0.3 is 0 Å². The minimum atomic E-state index is 0.117. The minimum Gasteiger partial charge on any atom is -0.384 e. The van der Waals surface area contributed by atoms with Gasteiger partial charge in [0.05, 0.1) is 12.5 Å². The predicted octanol–water partition coefficient (Wildman–Crippen LogP) is 0.623. The van der Waals surface area contributed by atoms with Crippen molar-refractivity contribution >= 4 is 5.91 Å². The molecule has 1 aromatic rings. The zero-order valence-corrected chi connectivity index (χ0v) is 12.8. The number of hydrogen-bond donors (Lipinski definition) is 1. The van der Waals surface area contributed by atoms with Gasteiger partial charge in [0.15, 0.2) is 0 Å². The molecule has 116 valence electrons. The van der Waals surface area contributed by atoms with Gasteiger partial charge in [-0.2, -0.15) is 0 Å². The summed E-state index contributed by atoms with van der Waals surface area (Å²) in [5, 5.41) is 2.90. The lowest BCUT2D eigenvalue weighted by molar-refractivity contribution is -0.124. The molecule has 1 saturated heterocycles. The molecule has 1 aromatic heterocycles. The third-order valence-electron chi connectivity index (χ3n) is 3.69. The Morgan fingerprint density at radius 2 is 2.24 bits per heavy atom. The highest BCUT2D eigenvalue weighted by molar-refractivity contribution is 5.79. The van der Waals surface area contributed by atoms with E-state index in [9.17, 15) is 4.79 Å². The molecule has 1 aliphatic rings. The molecule has 21 heavy (non-hydrogen) atoms. The Labute approximate surface area is 125 Å². The van der Waals surface area contributed by atoms with E-state index in [1.54, 1.807) is 7.11 Å². The summed E-state index contributed by atoms with van der Waals surface area (Å²) in [7, 11) is 1.67. The number of rotatable bonds is 7. The maximum atomic E-state index is 11.8. The Morgan fingerprint density at radius 1 is 1.48 bits per heavy atom. The Bertz CT molecular complexity index is 449.